The Balaban J connectivity index is 0.00000164. The first-order valence-corrected chi connectivity index (χ1v) is 13.2. The van der Waals surface area contributed by atoms with Crippen molar-refractivity contribution in [2.75, 3.05) is 44.2 Å². The number of pyridine rings is 2. The van der Waals surface area contributed by atoms with Crippen molar-refractivity contribution < 1.29 is 4.79 Å². The first-order chi connectivity index (χ1) is 18.5. The van der Waals surface area contributed by atoms with Crippen molar-refractivity contribution >= 4 is 17.4 Å². The lowest BCUT2D eigenvalue weighted by Crippen LogP contribution is -2.53. The lowest BCUT2D eigenvalue weighted by atomic mass is 10.0. The van der Waals surface area contributed by atoms with Crippen LogP contribution in [0, 0.1) is 11.3 Å². The Hall–Kier alpha value is -4.39. The van der Waals surface area contributed by atoms with Gasteiger partial charge in [0.05, 0.1) is 23.5 Å². The Morgan fingerprint density at radius 1 is 0.974 bits per heavy atom. The second-order valence-electron chi connectivity index (χ2n) is 8.84. The fourth-order valence-corrected chi connectivity index (χ4v) is 4.70. The molecule has 198 valence electrons. The van der Waals surface area contributed by atoms with Crippen LogP contribution in [0.15, 0.2) is 49.2 Å². The van der Waals surface area contributed by atoms with Crippen molar-refractivity contribution in [3.05, 3.63) is 54.7 Å². The van der Waals surface area contributed by atoms with Crippen LogP contribution in [0.2, 0.25) is 0 Å². The molecule has 4 aromatic heterocycles. The fraction of sp³-hybridized carbons (Fsp3) is 0.393. The van der Waals surface area contributed by atoms with E-state index in [1.807, 2.05) is 81.5 Å². The van der Waals surface area contributed by atoms with Crippen molar-refractivity contribution in [3.63, 3.8) is 0 Å². The zero-order valence-electron chi connectivity index (χ0n) is 22.8. The van der Waals surface area contributed by atoms with E-state index in [2.05, 4.69) is 27.2 Å². The minimum atomic E-state index is 0.106. The molecule has 10 heteroatoms. The normalized spacial score (nSPS) is 13.2. The summed E-state index contributed by atoms with van der Waals surface area (Å²) in [5.41, 5.74) is 4.98. The van der Waals surface area contributed by atoms with E-state index in [-0.39, 0.29) is 6.03 Å². The molecule has 0 unspecified atom stereocenters. The molecule has 0 radical (unpaired) electrons. The lowest BCUT2D eigenvalue weighted by Gasteiger charge is -2.37. The van der Waals surface area contributed by atoms with Gasteiger partial charge in [0.1, 0.15) is 11.9 Å². The van der Waals surface area contributed by atoms with E-state index in [1.54, 1.807) is 15.4 Å². The largest absolute Gasteiger partial charge is 0.353 e. The minimum Gasteiger partial charge on any atom is -0.353 e. The molecule has 1 fully saturated rings. The lowest BCUT2D eigenvalue weighted by molar-refractivity contribution is 0.154. The molecule has 10 nitrogen and oxygen atoms in total. The van der Waals surface area contributed by atoms with Crippen LogP contribution >= 0.6 is 0 Å². The maximum Gasteiger partial charge on any atom is 0.320 e. The van der Waals surface area contributed by atoms with Gasteiger partial charge >= 0.3 is 6.03 Å². The van der Waals surface area contributed by atoms with E-state index >= 15 is 0 Å². The van der Waals surface area contributed by atoms with Gasteiger partial charge in [0, 0.05) is 87.2 Å². The summed E-state index contributed by atoms with van der Waals surface area (Å²) in [6, 6.07) is 8.46. The third-order valence-electron chi connectivity index (χ3n) is 6.74. The second kappa shape index (κ2) is 11.8. The predicted molar refractivity (Wildman–Crippen MR) is 149 cm³/mol. The minimum absolute atomic E-state index is 0.106. The van der Waals surface area contributed by atoms with Crippen LogP contribution < -0.4 is 4.90 Å². The maximum absolute atomic E-state index is 12.7. The quantitative estimate of drug-likeness (QED) is 0.395. The summed E-state index contributed by atoms with van der Waals surface area (Å²) >= 11 is 0. The predicted octanol–water partition coefficient (Wildman–Crippen LogP) is 4.28. The average Bonchev–Trinajstić information content (AvgIpc) is 3.60. The van der Waals surface area contributed by atoms with E-state index < -0.39 is 0 Å². The number of piperazine rings is 1. The highest BCUT2D eigenvalue weighted by molar-refractivity contribution is 5.87. The second-order valence-corrected chi connectivity index (χ2v) is 8.84. The van der Waals surface area contributed by atoms with Crippen molar-refractivity contribution in [2.24, 2.45) is 7.05 Å². The third kappa shape index (κ3) is 5.18. The number of rotatable bonds is 5. The average molecular weight is 514 g/mol. The Morgan fingerprint density at radius 2 is 1.71 bits per heavy atom. The van der Waals surface area contributed by atoms with E-state index in [1.165, 1.54) is 0 Å². The van der Waals surface area contributed by atoms with E-state index in [9.17, 15) is 10.1 Å². The summed E-state index contributed by atoms with van der Waals surface area (Å²) in [5.74, 6) is 0.877. The Labute approximate surface area is 223 Å². The van der Waals surface area contributed by atoms with Gasteiger partial charge in [0.2, 0.25) is 0 Å². The molecule has 4 aromatic rings. The van der Waals surface area contributed by atoms with Crippen molar-refractivity contribution in [1.29, 1.82) is 5.26 Å². The number of aromatic nitrogens is 5. The van der Waals surface area contributed by atoms with E-state index in [0.29, 0.717) is 18.7 Å². The molecule has 1 aliphatic rings. The van der Waals surface area contributed by atoms with Gasteiger partial charge in [-0.2, -0.15) is 15.5 Å². The fourth-order valence-electron chi connectivity index (χ4n) is 4.70. The molecule has 0 bridgehead atoms. The van der Waals surface area contributed by atoms with Gasteiger partial charge in [-0.1, -0.05) is 13.8 Å². The first-order valence-electron chi connectivity index (χ1n) is 13.2. The van der Waals surface area contributed by atoms with E-state index in [4.69, 9.17) is 4.98 Å². The molecule has 0 aromatic carbocycles. The molecule has 0 spiro atoms. The van der Waals surface area contributed by atoms with Crippen molar-refractivity contribution in [1.82, 2.24) is 34.2 Å². The Bertz CT molecular complexity index is 1420. The molecule has 0 atom stereocenters. The molecule has 2 amide bonds. The number of urea groups is 1. The zero-order chi connectivity index (χ0) is 27.2. The Morgan fingerprint density at radius 3 is 2.29 bits per heavy atom. The third-order valence-corrected chi connectivity index (χ3v) is 6.74. The van der Waals surface area contributed by atoms with Crippen molar-refractivity contribution in [2.45, 2.75) is 27.7 Å². The number of carbonyl (C=O) groups is 1. The number of hydrogen-bond acceptors (Lipinski definition) is 6. The molecule has 1 aliphatic heterocycles. The molecule has 0 aliphatic carbocycles. The summed E-state index contributed by atoms with van der Waals surface area (Å²) in [6.45, 7) is 12.3. The number of fused-ring (bicyclic) bond motifs is 1. The van der Waals surface area contributed by atoms with Crippen molar-refractivity contribution in [3.8, 4) is 28.3 Å². The highest BCUT2D eigenvalue weighted by Crippen LogP contribution is 2.32. The summed E-state index contributed by atoms with van der Waals surface area (Å²) in [6.07, 6.45) is 9.11. The highest BCUT2D eigenvalue weighted by Gasteiger charge is 2.24. The van der Waals surface area contributed by atoms with Crippen LogP contribution in [0.4, 0.5) is 10.6 Å². The molecular weight excluding hydrogens is 478 g/mol. The molecule has 38 heavy (non-hydrogen) atoms. The standard InChI is InChI=1S/C26H29N9O.C2H6/c1-4-32(5-2)26(36)34-10-8-33(9-11-34)24-7-6-19(14-28-24)23-12-20(22-16-29-31(3)17-22)18-35-25(23)21(13-27)15-30-35;1-2/h6-7,12,14-18H,4-5,8-11H2,1-3H3;1-2H3. The van der Waals surface area contributed by atoms with Gasteiger partial charge < -0.3 is 14.7 Å². The summed E-state index contributed by atoms with van der Waals surface area (Å²) in [4.78, 5) is 23.4. The highest BCUT2D eigenvalue weighted by atomic mass is 16.2. The van der Waals surface area contributed by atoms with Crippen LogP contribution in [-0.2, 0) is 7.05 Å². The number of hydrogen-bond donors (Lipinski definition) is 0. The van der Waals surface area contributed by atoms with Gasteiger partial charge in [0.25, 0.3) is 0 Å². The van der Waals surface area contributed by atoms with Gasteiger partial charge in [-0.15, -0.1) is 0 Å². The van der Waals surface area contributed by atoms with Gasteiger partial charge in [-0.25, -0.2) is 14.3 Å². The number of aryl methyl sites for hydroxylation is 1. The number of carbonyl (C=O) groups excluding carboxylic acids is 1. The molecular formula is C28H35N9O. The van der Waals surface area contributed by atoms with Crippen LogP contribution in [-0.4, -0.2) is 79.5 Å². The zero-order valence-corrected chi connectivity index (χ0v) is 22.8. The SMILES string of the molecule is CC.CCN(CC)C(=O)N1CCN(c2ccc(-c3cc(-c4cnn(C)c4)cn4ncc(C#N)c34)cn2)CC1. The molecule has 0 N–H and O–H groups in total. The van der Waals surface area contributed by atoms with Gasteiger partial charge in [-0.05, 0) is 32.0 Å². The number of nitriles is 1. The molecule has 1 saturated heterocycles. The Kier molecular flexibility index (Phi) is 8.26. The topological polar surface area (TPSA) is 98.6 Å². The summed E-state index contributed by atoms with van der Waals surface area (Å²) < 4.78 is 3.50. The van der Waals surface area contributed by atoms with E-state index in [0.717, 1.165) is 59.8 Å². The molecule has 0 saturated carbocycles. The molecule has 5 rings (SSSR count). The van der Waals surface area contributed by atoms with Gasteiger partial charge in [0.15, 0.2) is 0 Å². The molecule has 5 heterocycles. The van der Waals surface area contributed by atoms with Crippen LogP contribution in [0.1, 0.15) is 33.3 Å². The summed E-state index contributed by atoms with van der Waals surface area (Å²) in [5, 5.41) is 18.3. The number of nitrogens with zero attached hydrogens (tertiary/aromatic N) is 9. The van der Waals surface area contributed by atoms with Crippen LogP contribution in [0.25, 0.3) is 27.8 Å². The smallest absolute Gasteiger partial charge is 0.320 e. The monoisotopic (exact) mass is 513 g/mol. The number of amides is 2. The number of anilines is 1. The first kappa shape index (κ1) is 26.7. The summed E-state index contributed by atoms with van der Waals surface area (Å²) in [7, 11) is 1.88. The maximum atomic E-state index is 12.7. The van der Waals surface area contributed by atoms with Crippen LogP contribution in [0.3, 0.4) is 0 Å². The van der Waals surface area contributed by atoms with Crippen LogP contribution in [0.5, 0.6) is 0 Å². The van der Waals surface area contributed by atoms with Gasteiger partial charge in [-0.3, -0.25) is 4.68 Å².